The zero-order chi connectivity index (χ0) is 14.4. The number of carbonyl (C=O) groups is 1. The highest BCUT2D eigenvalue weighted by molar-refractivity contribution is 5.77. The van der Waals surface area contributed by atoms with Crippen LogP contribution >= 0.6 is 0 Å². The molecule has 0 bridgehead atoms. The minimum absolute atomic E-state index is 0.00875. The smallest absolute Gasteiger partial charge is 0.223 e. The second-order valence-corrected chi connectivity index (χ2v) is 5.36. The number of amides is 1. The summed E-state index contributed by atoms with van der Waals surface area (Å²) in [6.45, 7) is 0.311. The average Bonchev–Trinajstić information content (AvgIpc) is 2.88. The number of anilines is 1. The van der Waals surface area contributed by atoms with Crippen LogP contribution in [-0.4, -0.2) is 29.8 Å². The summed E-state index contributed by atoms with van der Waals surface area (Å²) in [5.74, 6) is 0.584. The third-order valence-corrected chi connectivity index (χ3v) is 3.72. The van der Waals surface area contributed by atoms with Crippen molar-refractivity contribution >= 4 is 11.6 Å². The van der Waals surface area contributed by atoms with E-state index in [9.17, 15) is 9.90 Å². The van der Waals surface area contributed by atoms with Gasteiger partial charge in [0.25, 0.3) is 0 Å². The van der Waals surface area contributed by atoms with E-state index in [1.54, 1.807) is 18.2 Å². The van der Waals surface area contributed by atoms with Crippen LogP contribution in [-0.2, 0) is 4.79 Å². The van der Waals surface area contributed by atoms with Crippen LogP contribution in [0.4, 0.5) is 5.69 Å². The molecule has 1 aromatic rings. The fourth-order valence-corrected chi connectivity index (χ4v) is 2.60. The minimum Gasteiger partial charge on any atom is -0.493 e. The van der Waals surface area contributed by atoms with Crippen molar-refractivity contribution in [3.63, 3.8) is 0 Å². The van der Waals surface area contributed by atoms with E-state index in [4.69, 9.17) is 10.5 Å². The van der Waals surface area contributed by atoms with Crippen LogP contribution in [0.5, 0.6) is 5.75 Å². The van der Waals surface area contributed by atoms with Crippen molar-refractivity contribution in [3.8, 4) is 5.75 Å². The van der Waals surface area contributed by atoms with Crippen molar-refractivity contribution in [3.05, 3.63) is 24.3 Å². The zero-order valence-electron chi connectivity index (χ0n) is 11.6. The lowest BCUT2D eigenvalue weighted by Crippen LogP contribution is -2.49. The number of benzene rings is 1. The number of nitrogen functional groups attached to an aromatic ring is 1. The molecule has 2 rings (SSSR count). The van der Waals surface area contributed by atoms with Crippen LogP contribution in [0, 0.1) is 0 Å². The molecule has 1 aliphatic carbocycles. The maximum Gasteiger partial charge on any atom is 0.223 e. The summed E-state index contributed by atoms with van der Waals surface area (Å²) >= 11 is 0. The van der Waals surface area contributed by atoms with Gasteiger partial charge in [0.05, 0.1) is 25.2 Å². The Hall–Kier alpha value is -1.75. The lowest BCUT2D eigenvalue weighted by atomic mass is 9.99. The van der Waals surface area contributed by atoms with E-state index in [2.05, 4.69) is 5.32 Å². The van der Waals surface area contributed by atoms with E-state index in [1.165, 1.54) is 0 Å². The number of rotatable bonds is 6. The maximum atomic E-state index is 11.9. The first-order chi connectivity index (χ1) is 9.63. The molecule has 1 amide bonds. The first kappa shape index (κ1) is 14.7. The Morgan fingerprint density at radius 1 is 1.40 bits per heavy atom. The van der Waals surface area contributed by atoms with Gasteiger partial charge in [0.1, 0.15) is 5.75 Å². The largest absolute Gasteiger partial charge is 0.493 e. The molecule has 0 spiro atoms. The Morgan fingerprint density at radius 3 is 2.80 bits per heavy atom. The summed E-state index contributed by atoms with van der Waals surface area (Å²) < 4.78 is 5.49. The molecule has 0 saturated heterocycles. The van der Waals surface area contributed by atoms with Gasteiger partial charge in [-0.1, -0.05) is 18.9 Å². The highest BCUT2D eigenvalue weighted by Gasteiger charge is 2.34. The highest BCUT2D eigenvalue weighted by Crippen LogP contribution is 2.29. The van der Waals surface area contributed by atoms with Crippen molar-refractivity contribution in [2.75, 3.05) is 18.9 Å². The minimum atomic E-state index is -0.408. The topological polar surface area (TPSA) is 84.6 Å². The molecule has 5 heteroatoms. The summed E-state index contributed by atoms with van der Waals surface area (Å²) in [6, 6.07) is 7.12. The predicted molar refractivity (Wildman–Crippen MR) is 77.4 cm³/mol. The van der Waals surface area contributed by atoms with Crippen LogP contribution in [0.15, 0.2) is 24.3 Å². The third kappa shape index (κ3) is 3.87. The molecule has 1 saturated carbocycles. The molecular weight excluding hydrogens is 256 g/mol. The van der Waals surface area contributed by atoms with Gasteiger partial charge in [-0.05, 0) is 25.0 Å². The lowest BCUT2D eigenvalue weighted by molar-refractivity contribution is -0.124. The zero-order valence-corrected chi connectivity index (χ0v) is 11.6. The van der Waals surface area contributed by atoms with E-state index in [1.807, 2.05) is 6.07 Å². The van der Waals surface area contributed by atoms with E-state index in [0.29, 0.717) is 18.0 Å². The molecule has 20 heavy (non-hydrogen) atoms. The van der Waals surface area contributed by atoms with Crippen molar-refractivity contribution < 1.29 is 14.6 Å². The number of aliphatic hydroxyl groups excluding tert-OH is 1. The van der Waals surface area contributed by atoms with Crippen LogP contribution in [0.2, 0.25) is 0 Å². The maximum absolute atomic E-state index is 11.9. The monoisotopic (exact) mass is 278 g/mol. The quantitative estimate of drug-likeness (QED) is 0.688. The molecule has 0 unspecified atom stereocenters. The van der Waals surface area contributed by atoms with Gasteiger partial charge in [-0.15, -0.1) is 0 Å². The van der Waals surface area contributed by atoms with E-state index >= 15 is 0 Å². The number of nitrogens with two attached hydrogens (primary N) is 1. The predicted octanol–water partition coefficient (Wildman–Crippen LogP) is 1.46. The van der Waals surface area contributed by atoms with Crippen molar-refractivity contribution in [2.24, 2.45) is 0 Å². The Bertz CT molecular complexity index is 456. The second-order valence-electron chi connectivity index (χ2n) is 5.36. The van der Waals surface area contributed by atoms with E-state index in [0.717, 1.165) is 25.7 Å². The molecule has 1 aliphatic rings. The highest BCUT2D eigenvalue weighted by atomic mass is 16.5. The number of nitrogens with one attached hydrogen (secondary N) is 1. The molecule has 0 radical (unpaired) electrons. The molecule has 0 heterocycles. The van der Waals surface area contributed by atoms with Gasteiger partial charge in [-0.25, -0.2) is 0 Å². The molecular formula is C15H22N2O3. The first-order valence-electron chi connectivity index (χ1n) is 7.04. The van der Waals surface area contributed by atoms with Gasteiger partial charge >= 0.3 is 0 Å². The summed E-state index contributed by atoms with van der Waals surface area (Å²) in [5.41, 5.74) is 5.88. The molecule has 1 fully saturated rings. The Kier molecular flexibility index (Phi) is 4.84. The number of aliphatic hydroxyl groups is 1. The number of ether oxygens (including phenoxy) is 1. The van der Waals surface area contributed by atoms with Crippen molar-refractivity contribution in [2.45, 2.75) is 37.6 Å². The fraction of sp³-hybridized carbons (Fsp3) is 0.533. The Labute approximate surface area is 119 Å². The number of carbonyl (C=O) groups excluding carboxylic acids is 1. The Balaban J connectivity index is 1.75. The van der Waals surface area contributed by atoms with Crippen molar-refractivity contribution in [1.82, 2.24) is 5.32 Å². The van der Waals surface area contributed by atoms with Crippen LogP contribution in [0.25, 0.3) is 0 Å². The standard InChI is InChI=1S/C15H22N2O3/c16-12-4-3-5-13(10-12)20-9-6-14(19)17-15(11-18)7-1-2-8-15/h3-5,10,18H,1-2,6-9,11,16H2,(H,17,19). The van der Waals surface area contributed by atoms with Gasteiger partial charge in [0.15, 0.2) is 0 Å². The summed E-state index contributed by atoms with van der Waals surface area (Å²) in [5, 5.41) is 12.4. The molecule has 5 nitrogen and oxygen atoms in total. The van der Waals surface area contributed by atoms with Crippen LogP contribution in [0.1, 0.15) is 32.1 Å². The SMILES string of the molecule is Nc1cccc(OCCC(=O)NC2(CO)CCCC2)c1. The first-order valence-corrected chi connectivity index (χ1v) is 7.04. The molecule has 0 aromatic heterocycles. The van der Waals surface area contributed by atoms with E-state index < -0.39 is 5.54 Å². The lowest BCUT2D eigenvalue weighted by Gasteiger charge is -2.27. The third-order valence-electron chi connectivity index (χ3n) is 3.72. The van der Waals surface area contributed by atoms with Gasteiger partial charge in [-0.3, -0.25) is 4.79 Å². The molecule has 0 aliphatic heterocycles. The van der Waals surface area contributed by atoms with Crippen LogP contribution in [0.3, 0.4) is 0 Å². The number of hydrogen-bond donors (Lipinski definition) is 3. The summed E-state index contributed by atoms with van der Waals surface area (Å²) in [6.07, 6.45) is 4.09. The van der Waals surface area contributed by atoms with Crippen LogP contribution < -0.4 is 15.8 Å². The molecule has 110 valence electrons. The molecule has 1 aromatic carbocycles. The number of hydrogen-bond acceptors (Lipinski definition) is 4. The molecule has 0 atom stereocenters. The molecule has 4 N–H and O–H groups in total. The average molecular weight is 278 g/mol. The van der Waals surface area contributed by atoms with E-state index in [-0.39, 0.29) is 18.9 Å². The van der Waals surface area contributed by atoms with Crippen molar-refractivity contribution in [1.29, 1.82) is 0 Å². The summed E-state index contributed by atoms with van der Waals surface area (Å²) in [4.78, 5) is 11.9. The second kappa shape index (κ2) is 6.61. The Morgan fingerprint density at radius 2 is 2.15 bits per heavy atom. The van der Waals surface area contributed by atoms with Gasteiger partial charge in [0.2, 0.25) is 5.91 Å². The van der Waals surface area contributed by atoms with Gasteiger partial charge in [0, 0.05) is 11.8 Å². The fourth-order valence-electron chi connectivity index (χ4n) is 2.60. The summed E-state index contributed by atoms with van der Waals surface area (Å²) in [7, 11) is 0. The van der Waals surface area contributed by atoms with Gasteiger partial charge < -0.3 is 20.9 Å². The van der Waals surface area contributed by atoms with Gasteiger partial charge in [-0.2, -0.15) is 0 Å². The normalized spacial score (nSPS) is 16.9.